The fraction of sp³-hybridized carbons (Fsp3) is 0. The summed E-state index contributed by atoms with van der Waals surface area (Å²) in [6.07, 6.45) is 0. The van der Waals surface area contributed by atoms with Gasteiger partial charge in [0.15, 0.2) is 0 Å². The van der Waals surface area contributed by atoms with E-state index in [-0.39, 0.29) is 0 Å². The minimum atomic E-state index is 0.427. The summed E-state index contributed by atoms with van der Waals surface area (Å²) in [5.41, 5.74) is 10.6. The SMILES string of the molecule is [N-]=[N+]=Nc1ccc(-c2nc(-c3ccccc3)no2)cc1. The quantitative estimate of drug-likeness (QED) is 0.400. The van der Waals surface area contributed by atoms with Crippen LogP contribution in [0.2, 0.25) is 0 Å². The molecule has 1 aromatic heterocycles. The van der Waals surface area contributed by atoms with E-state index in [1.54, 1.807) is 24.3 Å². The number of nitrogens with zero attached hydrogens (tertiary/aromatic N) is 5. The van der Waals surface area contributed by atoms with Crippen molar-refractivity contribution in [1.29, 1.82) is 0 Å². The Kier molecular flexibility index (Phi) is 3.14. The van der Waals surface area contributed by atoms with Gasteiger partial charge in [0.25, 0.3) is 5.89 Å². The Labute approximate surface area is 114 Å². The van der Waals surface area contributed by atoms with Crippen LogP contribution in [0, 0.1) is 0 Å². The van der Waals surface area contributed by atoms with Gasteiger partial charge in [0.1, 0.15) is 0 Å². The van der Waals surface area contributed by atoms with E-state index in [0.29, 0.717) is 17.4 Å². The molecule has 6 heteroatoms. The summed E-state index contributed by atoms with van der Waals surface area (Å²) in [5.74, 6) is 0.969. The van der Waals surface area contributed by atoms with Gasteiger partial charge in [-0.2, -0.15) is 4.98 Å². The Balaban J connectivity index is 1.92. The lowest BCUT2D eigenvalue weighted by Crippen LogP contribution is -1.80. The van der Waals surface area contributed by atoms with Crippen molar-refractivity contribution in [2.24, 2.45) is 5.11 Å². The predicted molar refractivity (Wildman–Crippen MR) is 74.0 cm³/mol. The maximum atomic E-state index is 8.35. The summed E-state index contributed by atoms with van der Waals surface area (Å²) in [5, 5.41) is 7.46. The van der Waals surface area contributed by atoms with Crippen LogP contribution >= 0.6 is 0 Å². The molecule has 0 radical (unpaired) electrons. The smallest absolute Gasteiger partial charge is 0.258 e. The lowest BCUT2D eigenvalue weighted by molar-refractivity contribution is 0.432. The Morgan fingerprint density at radius 3 is 2.40 bits per heavy atom. The minimum Gasteiger partial charge on any atom is -0.334 e. The summed E-state index contributed by atoms with van der Waals surface area (Å²) in [6.45, 7) is 0. The fourth-order valence-corrected chi connectivity index (χ4v) is 1.77. The van der Waals surface area contributed by atoms with Crippen molar-refractivity contribution in [3.05, 3.63) is 65.0 Å². The number of aromatic nitrogens is 2. The van der Waals surface area contributed by atoms with Crippen molar-refractivity contribution in [2.75, 3.05) is 0 Å². The molecule has 0 bridgehead atoms. The summed E-state index contributed by atoms with van der Waals surface area (Å²) in [4.78, 5) is 7.07. The van der Waals surface area contributed by atoms with Crippen molar-refractivity contribution >= 4 is 5.69 Å². The van der Waals surface area contributed by atoms with Crippen molar-refractivity contribution in [3.8, 4) is 22.8 Å². The standard InChI is InChI=1S/C14H9N5O/c15-19-17-12-8-6-11(7-9-12)14-16-13(18-20-14)10-4-2-1-3-5-10/h1-9H. The van der Waals surface area contributed by atoms with Gasteiger partial charge in [-0.25, -0.2) is 0 Å². The van der Waals surface area contributed by atoms with Gasteiger partial charge in [0.2, 0.25) is 5.82 Å². The number of azide groups is 1. The van der Waals surface area contributed by atoms with Gasteiger partial charge in [0, 0.05) is 21.7 Å². The molecule has 3 rings (SSSR count). The topological polar surface area (TPSA) is 87.7 Å². The third kappa shape index (κ3) is 2.36. The van der Waals surface area contributed by atoms with E-state index in [4.69, 9.17) is 10.1 Å². The largest absolute Gasteiger partial charge is 0.334 e. The second-order valence-corrected chi connectivity index (χ2v) is 4.03. The first kappa shape index (κ1) is 12.0. The predicted octanol–water partition coefficient (Wildman–Crippen LogP) is 4.35. The average Bonchev–Trinajstić information content (AvgIpc) is 2.99. The van der Waals surface area contributed by atoms with E-state index in [1.807, 2.05) is 30.3 Å². The number of hydrogen-bond donors (Lipinski definition) is 0. The van der Waals surface area contributed by atoms with E-state index in [0.717, 1.165) is 11.1 Å². The van der Waals surface area contributed by atoms with Crippen molar-refractivity contribution in [2.45, 2.75) is 0 Å². The molecule has 3 aromatic rings. The molecule has 0 aliphatic carbocycles. The molecular formula is C14H9N5O. The summed E-state index contributed by atoms with van der Waals surface area (Å²) >= 11 is 0. The van der Waals surface area contributed by atoms with E-state index in [2.05, 4.69) is 20.2 Å². The first-order valence-corrected chi connectivity index (χ1v) is 5.91. The molecule has 6 nitrogen and oxygen atoms in total. The molecule has 20 heavy (non-hydrogen) atoms. The highest BCUT2D eigenvalue weighted by Crippen LogP contribution is 2.24. The zero-order valence-corrected chi connectivity index (χ0v) is 10.3. The molecule has 0 aliphatic rings. The van der Waals surface area contributed by atoms with Gasteiger partial charge in [-0.1, -0.05) is 52.7 Å². The molecule has 0 atom stereocenters. The third-order valence-electron chi connectivity index (χ3n) is 2.73. The average molecular weight is 263 g/mol. The van der Waals surface area contributed by atoms with Gasteiger partial charge < -0.3 is 4.52 Å². The Morgan fingerprint density at radius 1 is 0.950 bits per heavy atom. The van der Waals surface area contributed by atoms with E-state index < -0.39 is 0 Å². The highest BCUT2D eigenvalue weighted by Gasteiger charge is 2.09. The van der Waals surface area contributed by atoms with Crippen LogP contribution in [0.5, 0.6) is 0 Å². The highest BCUT2D eigenvalue weighted by atomic mass is 16.5. The molecule has 1 heterocycles. The van der Waals surface area contributed by atoms with Crippen LogP contribution in [0.4, 0.5) is 5.69 Å². The molecule has 0 aliphatic heterocycles. The number of hydrogen-bond acceptors (Lipinski definition) is 4. The second kappa shape index (κ2) is 5.26. The van der Waals surface area contributed by atoms with Crippen LogP contribution in [-0.4, -0.2) is 10.1 Å². The first-order valence-electron chi connectivity index (χ1n) is 5.91. The normalized spacial score (nSPS) is 10.0. The summed E-state index contributed by atoms with van der Waals surface area (Å²) < 4.78 is 5.24. The molecule has 2 aromatic carbocycles. The van der Waals surface area contributed by atoms with Crippen LogP contribution in [0.1, 0.15) is 0 Å². The van der Waals surface area contributed by atoms with Crippen LogP contribution in [0.25, 0.3) is 33.3 Å². The number of rotatable bonds is 3. The second-order valence-electron chi connectivity index (χ2n) is 4.03. The van der Waals surface area contributed by atoms with Gasteiger partial charge in [-0.15, -0.1) is 0 Å². The number of benzene rings is 2. The van der Waals surface area contributed by atoms with Gasteiger partial charge in [-0.05, 0) is 17.7 Å². The lowest BCUT2D eigenvalue weighted by atomic mass is 10.2. The zero-order chi connectivity index (χ0) is 13.8. The van der Waals surface area contributed by atoms with Gasteiger partial charge in [-0.3, -0.25) is 0 Å². The minimum absolute atomic E-state index is 0.427. The fourth-order valence-electron chi connectivity index (χ4n) is 1.77. The molecule has 0 unspecified atom stereocenters. The van der Waals surface area contributed by atoms with Gasteiger partial charge in [0.05, 0.1) is 0 Å². The Hall–Kier alpha value is -3.11. The Morgan fingerprint density at radius 2 is 1.70 bits per heavy atom. The van der Waals surface area contributed by atoms with Crippen molar-refractivity contribution in [1.82, 2.24) is 10.1 Å². The Bertz CT molecular complexity index is 758. The molecular weight excluding hydrogens is 254 g/mol. The van der Waals surface area contributed by atoms with E-state index >= 15 is 0 Å². The van der Waals surface area contributed by atoms with E-state index in [1.165, 1.54) is 0 Å². The zero-order valence-electron chi connectivity index (χ0n) is 10.3. The maximum Gasteiger partial charge on any atom is 0.258 e. The summed E-state index contributed by atoms with van der Waals surface area (Å²) in [7, 11) is 0. The van der Waals surface area contributed by atoms with Crippen LogP contribution in [0.3, 0.4) is 0 Å². The molecule has 0 amide bonds. The third-order valence-corrected chi connectivity index (χ3v) is 2.73. The molecule has 0 N–H and O–H groups in total. The molecule has 0 saturated carbocycles. The van der Waals surface area contributed by atoms with Crippen LogP contribution in [0.15, 0.2) is 64.2 Å². The molecule has 96 valence electrons. The first-order chi connectivity index (χ1) is 9.86. The lowest BCUT2D eigenvalue weighted by Gasteiger charge is -1.94. The monoisotopic (exact) mass is 263 g/mol. The molecule has 0 saturated heterocycles. The van der Waals surface area contributed by atoms with Crippen molar-refractivity contribution in [3.63, 3.8) is 0 Å². The van der Waals surface area contributed by atoms with E-state index in [9.17, 15) is 0 Å². The van der Waals surface area contributed by atoms with Crippen molar-refractivity contribution < 1.29 is 4.52 Å². The van der Waals surface area contributed by atoms with Gasteiger partial charge >= 0.3 is 0 Å². The maximum absolute atomic E-state index is 8.35. The molecule has 0 spiro atoms. The van der Waals surface area contributed by atoms with Crippen LogP contribution in [-0.2, 0) is 0 Å². The van der Waals surface area contributed by atoms with Crippen LogP contribution < -0.4 is 0 Å². The summed E-state index contributed by atoms with van der Waals surface area (Å²) in [6, 6.07) is 16.5. The molecule has 0 fully saturated rings. The highest BCUT2D eigenvalue weighted by molar-refractivity contribution is 5.61.